The summed E-state index contributed by atoms with van der Waals surface area (Å²) in [6.45, 7) is 15.2. The minimum absolute atomic E-state index is 0.737. The van der Waals surface area contributed by atoms with E-state index in [1.165, 1.54) is 12.8 Å². The van der Waals surface area contributed by atoms with Crippen molar-refractivity contribution in [2.45, 2.75) is 54.4 Å². The summed E-state index contributed by atoms with van der Waals surface area (Å²) in [5.41, 5.74) is 6.10. The molecule has 0 aromatic heterocycles. The number of hydrogen-bond donors (Lipinski definition) is 1. The number of nitrogens with two attached hydrogens (primary N) is 1. The Morgan fingerprint density at radius 2 is 1.76 bits per heavy atom. The zero-order valence-corrected chi connectivity index (χ0v) is 12.7. The van der Waals surface area contributed by atoms with E-state index < -0.39 is 0 Å². The highest BCUT2D eigenvalue weighted by Gasteiger charge is 2.45. The van der Waals surface area contributed by atoms with Crippen molar-refractivity contribution in [2.24, 2.45) is 47.2 Å². The van der Waals surface area contributed by atoms with Gasteiger partial charge in [-0.25, -0.2) is 0 Å². The van der Waals surface area contributed by atoms with Crippen LogP contribution in [0.3, 0.4) is 0 Å². The quantitative estimate of drug-likeness (QED) is 0.739. The summed E-state index contributed by atoms with van der Waals surface area (Å²) < 4.78 is 0. The van der Waals surface area contributed by atoms with E-state index in [4.69, 9.17) is 5.73 Å². The van der Waals surface area contributed by atoms with E-state index in [-0.39, 0.29) is 0 Å². The van der Waals surface area contributed by atoms with Gasteiger partial charge in [0.2, 0.25) is 0 Å². The van der Waals surface area contributed by atoms with Crippen LogP contribution >= 0.6 is 0 Å². The van der Waals surface area contributed by atoms with Crippen LogP contribution in [0, 0.1) is 41.4 Å². The second-order valence-corrected chi connectivity index (χ2v) is 6.84. The van der Waals surface area contributed by atoms with E-state index >= 15 is 0 Å². The molecule has 6 atom stereocenters. The first-order chi connectivity index (χ1) is 7.93. The maximum Gasteiger partial charge on any atom is -0.00434 e. The van der Waals surface area contributed by atoms with Crippen molar-refractivity contribution < 1.29 is 0 Å². The van der Waals surface area contributed by atoms with Crippen LogP contribution in [-0.2, 0) is 0 Å². The molecular formula is C16H33N. The molecule has 0 spiro atoms. The maximum absolute atomic E-state index is 6.10. The number of hydrogen-bond acceptors (Lipinski definition) is 1. The van der Waals surface area contributed by atoms with Gasteiger partial charge < -0.3 is 5.73 Å². The minimum atomic E-state index is 0.737. The van der Waals surface area contributed by atoms with Gasteiger partial charge in [-0.1, -0.05) is 48.0 Å². The lowest BCUT2D eigenvalue weighted by Gasteiger charge is -2.52. The maximum atomic E-state index is 6.10. The third-order valence-corrected chi connectivity index (χ3v) is 5.64. The molecule has 6 unspecified atom stereocenters. The van der Waals surface area contributed by atoms with Crippen LogP contribution in [0.1, 0.15) is 54.4 Å². The molecule has 2 N–H and O–H groups in total. The molecule has 1 rings (SSSR count). The summed E-state index contributed by atoms with van der Waals surface area (Å²) in [7, 11) is 0. The second kappa shape index (κ2) is 6.22. The molecule has 0 heterocycles. The largest absolute Gasteiger partial charge is 0.330 e. The Hall–Kier alpha value is -0.0400. The summed E-state index contributed by atoms with van der Waals surface area (Å²) in [5, 5.41) is 0. The summed E-state index contributed by atoms with van der Waals surface area (Å²) in [6, 6.07) is 0. The Balaban J connectivity index is 2.72. The molecule has 1 nitrogen and oxygen atoms in total. The summed E-state index contributed by atoms with van der Waals surface area (Å²) in [5.74, 6) is 5.84. The first kappa shape index (κ1) is 15.0. The van der Waals surface area contributed by atoms with Crippen molar-refractivity contribution in [3.8, 4) is 0 Å². The van der Waals surface area contributed by atoms with Gasteiger partial charge in [0.25, 0.3) is 0 Å². The molecule has 1 fully saturated rings. The normalized spacial score (nSPS) is 34.2. The SMILES string of the molecule is CCC(C)C(C)C(CN)C1C(C)CC1C(C)C. The fourth-order valence-electron chi connectivity index (χ4n) is 3.94. The smallest absolute Gasteiger partial charge is 0.00434 e. The molecule has 1 saturated carbocycles. The van der Waals surface area contributed by atoms with Crippen LogP contribution < -0.4 is 5.73 Å². The molecule has 0 aromatic carbocycles. The molecule has 1 aliphatic rings. The summed E-state index contributed by atoms with van der Waals surface area (Å²) in [6.07, 6.45) is 2.71. The topological polar surface area (TPSA) is 26.0 Å². The lowest BCUT2D eigenvalue weighted by Crippen LogP contribution is -2.48. The van der Waals surface area contributed by atoms with Crippen LogP contribution in [-0.4, -0.2) is 6.54 Å². The molecule has 1 heteroatoms. The van der Waals surface area contributed by atoms with Crippen molar-refractivity contribution in [3.63, 3.8) is 0 Å². The second-order valence-electron chi connectivity index (χ2n) is 6.84. The van der Waals surface area contributed by atoms with E-state index in [2.05, 4.69) is 41.5 Å². The number of rotatable bonds is 6. The summed E-state index contributed by atoms with van der Waals surface area (Å²) >= 11 is 0. The van der Waals surface area contributed by atoms with Crippen molar-refractivity contribution in [3.05, 3.63) is 0 Å². The lowest BCUT2D eigenvalue weighted by atomic mass is 9.54. The first-order valence-corrected chi connectivity index (χ1v) is 7.64. The van der Waals surface area contributed by atoms with Gasteiger partial charge in [-0.15, -0.1) is 0 Å². The van der Waals surface area contributed by atoms with Crippen molar-refractivity contribution in [1.82, 2.24) is 0 Å². The molecule has 1 aliphatic carbocycles. The predicted molar refractivity (Wildman–Crippen MR) is 76.8 cm³/mol. The highest BCUT2D eigenvalue weighted by atomic mass is 14.6. The molecule has 0 amide bonds. The molecule has 0 aliphatic heterocycles. The van der Waals surface area contributed by atoms with Gasteiger partial charge in [-0.2, -0.15) is 0 Å². The molecule has 0 radical (unpaired) electrons. The van der Waals surface area contributed by atoms with Crippen LogP contribution in [0.2, 0.25) is 0 Å². The van der Waals surface area contributed by atoms with Gasteiger partial charge in [0.05, 0.1) is 0 Å². The molecule has 0 aromatic rings. The monoisotopic (exact) mass is 239 g/mol. The Bertz CT molecular complexity index is 224. The molecule has 102 valence electrons. The molecule has 0 bridgehead atoms. The molecule has 17 heavy (non-hydrogen) atoms. The Kier molecular flexibility index (Phi) is 5.50. The van der Waals surface area contributed by atoms with Gasteiger partial charge >= 0.3 is 0 Å². The van der Waals surface area contributed by atoms with Crippen molar-refractivity contribution in [2.75, 3.05) is 6.54 Å². The third-order valence-electron chi connectivity index (χ3n) is 5.64. The van der Waals surface area contributed by atoms with Gasteiger partial charge in [-0.3, -0.25) is 0 Å². The lowest BCUT2D eigenvalue weighted by molar-refractivity contribution is -0.0258. The highest BCUT2D eigenvalue weighted by Crippen LogP contribution is 2.51. The standard InChI is InChI=1S/C16H33N/c1-7-11(4)13(6)15(9-17)16-12(5)8-14(16)10(2)3/h10-16H,7-9,17H2,1-6H3. The van der Waals surface area contributed by atoms with Crippen LogP contribution in [0.15, 0.2) is 0 Å². The van der Waals surface area contributed by atoms with E-state index in [1.54, 1.807) is 0 Å². The minimum Gasteiger partial charge on any atom is -0.330 e. The predicted octanol–water partition coefficient (Wildman–Crippen LogP) is 4.17. The fourth-order valence-corrected chi connectivity index (χ4v) is 3.94. The average Bonchev–Trinajstić information content (AvgIpc) is 2.30. The Morgan fingerprint density at radius 1 is 1.18 bits per heavy atom. The summed E-state index contributed by atoms with van der Waals surface area (Å²) in [4.78, 5) is 0. The van der Waals surface area contributed by atoms with Gasteiger partial charge in [0.1, 0.15) is 0 Å². The average molecular weight is 239 g/mol. The van der Waals surface area contributed by atoms with Crippen molar-refractivity contribution in [1.29, 1.82) is 0 Å². The molecule has 0 saturated heterocycles. The highest BCUT2D eigenvalue weighted by molar-refractivity contribution is 4.94. The first-order valence-electron chi connectivity index (χ1n) is 7.64. The zero-order chi connectivity index (χ0) is 13.2. The van der Waals surface area contributed by atoms with E-state index in [9.17, 15) is 0 Å². The van der Waals surface area contributed by atoms with Gasteiger partial charge in [0.15, 0.2) is 0 Å². The Labute approximate surface area is 109 Å². The zero-order valence-electron chi connectivity index (χ0n) is 12.7. The van der Waals surface area contributed by atoms with Crippen molar-refractivity contribution >= 4 is 0 Å². The fraction of sp³-hybridized carbons (Fsp3) is 1.00. The van der Waals surface area contributed by atoms with Crippen LogP contribution in [0.5, 0.6) is 0 Å². The van der Waals surface area contributed by atoms with E-state index in [0.29, 0.717) is 0 Å². The molecular weight excluding hydrogens is 206 g/mol. The third kappa shape index (κ3) is 3.05. The Morgan fingerprint density at radius 3 is 2.12 bits per heavy atom. The van der Waals surface area contributed by atoms with Crippen LogP contribution in [0.4, 0.5) is 0 Å². The van der Waals surface area contributed by atoms with Crippen LogP contribution in [0.25, 0.3) is 0 Å². The van der Waals surface area contributed by atoms with Gasteiger partial charge in [-0.05, 0) is 54.4 Å². The van der Waals surface area contributed by atoms with E-state index in [1.807, 2.05) is 0 Å². The van der Waals surface area contributed by atoms with Gasteiger partial charge in [0, 0.05) is 0 Å². The van der Waals surface area contributed by atoms with E-state index in [0.717, 1.165) is 48.0 Å².